The summed E-state index contributed by atoms with van der Waals surface area (Å²) in [7, 11) is 0. The second-order valence-electron chi connectivity index (χ2n) is 9.66. The van der Waals surface area contributed by atoms with Crippen molar-refractivity contribution in [2.24, 2.45) is 5.92 Å². The van der Waals surface area contributed by atoms with Crippen LogP contribution in [0.4, 0.5) is 0 Å². The number of benzene rings is 2. The lowest BCUT2D eigenvalue weighted by Crippen LogP contribution is -2.56. The van der Waals surface area contributed by atoms with E-state index in [2.05, 4.69) is 27.9 Å². The van der Waals surface area contributed by atoms with Gasteiger partial charge in [-0.3, -0.25) is 9.59 Å². The number of aliphatic hydroxyl groups is 2. The molecule has 0 saturated carbocycles. The molecule has 4 atom stereocenters. The molecule has 1 saturated heterocycles. The number of rotatable bonds is 9. The summed E-state index contributed by atoms with van der Waals surface area (Å²) < 4.78 is 23.5. The van der Waals surface area contributed by atoms with Gasteiger partial charge in [-0.1, -0.05) is 18.2 Å². The summed E-state index contributed by atoms with van der Waals surface area (Å²) in [5, 5.41) is 23.5. The van der Waals surface area contributed by atoms with E-state index in [-0.39, 0.29) is 50.6 Å². The van der Waals surface area contributed by atoms with Gasteiger partial charge in [0.05, 0.1) is 28.7 Å². The smallest absolute Gasteiger partial charge is 0.247 e. The zero-order valence-corrected chi connectivity index (χ0v) is 23.4. The van der Waals surface area contributed by atoms with Crippen LogP contribution in [0.1, 0.15) is 18.4 Å². The summed E-state index contributed by atoms with van der Waals surface area (Å²) in [6.45, 7) is 1.01. The Labute approximate surface area is 240 Å². The molecule has 39 heavy (non-hydrogen) atoms. The molecule has 3 N–H and O–H groups in total. The van der Waals surface area contributed by atoms with Crippen molar-refractivity contribution < 1.29 is 38.7 Å². The first kappa shape index (κ1) is 27.7. The third-order valence-corrected chi connectivity index (χ3v) is 7.96. The molecule has 11 heteroatoms. The summed E-state index contributed by atoms with van der Waals surface area (Å²) in [4.78, 5) is 28.5. The minimum absolute atomic E-state index is 0.0881. The van der Waals surface area contributed by atoms with Crippen LogP contribution in [-0.4, -0.2) is 78.3 Å². The Morgan fingerprint density at radius 3 is 2.74 bits per heavy atom. The van der Waals surface area contributed by atoms with E-state index in [4.69, 9.17) is 18.9 Å². The molecular weight excluding hydrogens is 619 g/mol. The van der Waals surface area contributed by atoms with E-state index in [1.807, 2.05) is 30.3 Å². The first-order valence-electron chi connectivity index (χ1n) is 12.9. The van der Waals surface area contributed by atoms with E-state index in [9.17, 15) is 19.8 Å². The zero-order valence-electron chi connectivity index (χ0n) is 21.3. The largest absolute Gasteiger partial charge is 0.482 e. The van der Waals surface area contributed by atoms with E-state index in [1.54, 1.807) is 23.1 Å². The van der Waals surface area contributed by atoms with Crippen LogP contribution in [-0.2, 0) is 20.9 Å². The van der Waals surface area contributed by atoms with Crippen LogP contribution in [0.15, 0.2) is 54.1 Å². The highest BCUT2D eigenvalue weighted by atomic mass is 127. The number of carbonyl (C=O) groups is 2. The van der Waals surface area contributed by atoms with Crippen molar-refractivity contribution in [3.05, 3.63) is 63.2 Å². The van der Waals surface area contributed by atoms with Gasteiger partial charge in [-0.15, -0.1) is 0 Å². The molecule has 1 fully saturated rings. The molecule has 2 aromatic carbocycles. The van der Waals surface area contributed by atoms with Crippen molar-refractivity contribution in [3.63, 3.8) is 0 Å². The molecule has 2 aliphatic heterocycles. The SMILES string of the molecule is O=C(NCCO)C1=CC(Oc2ccccc2I)C(O)C(N(Cc2ccc3c(c2)OCO3)C(=O)C2CCOC2)C1. The molecule has 3 aliphatic rings. The quantitative estimate of drug-likeness (QED) is 0.352. The number of ether oxygens (including phenoxy) is 4. The van der Waals surface area contributed by atoms with Gasteiger partial charge < -0.3 is 39.4 Å². The van der Waals surface area contributed by atoms with E-state index >= 15 is 0 Å². The highest BCUT2D eigenvalue weighted by molar-refractivity contribution is 14.1. The molecule has 0 radical (unpaired) electrons. The lowest BCUT2D eigenvalue weighted by Gasteiger charge is -2.41. The third kappa shape index (κ3) is 6.32. The van der Waals surface area contributed by atoms with Gasteiger partial charge >= 0.3 is 0 Å². The molecule has 1 aliphatic carbocycles. The highest BCUT2D eigenvalue weighted by Crippen LogP contribution is 2.35. The van der Waals surface area contributed by atoms with E-state index in [0.717, 1.165) is 9.13 Å². The summed E-state index contributed by atoms with van der Waals surface area (Å²) in [5.41, 5.74) is 1.18. The fourth-order valence-electron chi connectivity index (χ4n) is 5.02. The van der Waals surface area contributed by atoms with Gasteiger partial charge in [0, 0.05) is 31.7 Å². The minimum Gasteiger partial charge on any atom is -0.482 e. The Morgan fingerprint density at radius 2 is 1.97 bits per heavy atom. The number of amides is 2. The number of aliphatic hydroxyl groups excluding tert-OH is 2. The first-order chi connectivity index (χ1) is 18.9. The van der Waals surface area contributed by atoms with E-state index in [1.165, 1.54) is 0 Å². The van der Waals surface area contributed by atoms with Crippen LogP contribution >= 0.6 is 22.6 Å². The van der Waals surface area contributed by atoms with Gasteiger partial charge in [-0.25, -0.2) is 0 Å². The van der Waals surface area contributed by atoms with Crippen LogP contribution in [0.2, 0.25) is 0 Å². The number of fused-ring (bicyclic) bond motifs is 1. The molecular formula is C28H31IN2O8. The van der Waals surface area contributed by atoms with E-state index < -0.39 is 18.2 Å². The maximum absolute atomic E-state index is 13.9. The zero-order chi connectivity index (χ0) is 27.4. The van der Waals surface area contributed by atoms with Crippen LogP contribution in [0, 0.1) is 9.49 Å². The summed E-state index contributed by atoms with van der Waals surface area (Å²) >= 11 is 2.15. The second-order valence-corrected chi connectivity index (χ2v) is 10.8. The van der Waals surface area contributed by atoms with Gasteiger partial charge in [-0.05, 0) is 64.9 Å². The van der Waals surface area contributed by atoms with Crippen molar-refractivity contribution in [3.8, 4) is 17.2 Å². The molecule has 2 amide bonds. The maximum Gasteiger partial charge on any atom is 0.247 e. The van der Waals surface area contributed by atoms with Gasteiger partial charge in [0.2, 0.25) is 18.6 Å². The van der Waals surface area contributed by atoms with Gasteiger partial charge in [-0.2, -0.15) is 0 Å². The number of nitrogens with one attached hydrogen (secondary N) is 1. The summed E-state index contributed by atoms with van der Waals surface area (Å²) in [6.07, 6.45) is 0.311. The fraction of sp³-hybridized carbons (Fsp3) is 0.429. The Bertz CT molecular complexity index is 1230. The normalized spacial score (nSPS) is 23.7. The Hall–Kier alpha value is -2.87. The molecule has 2 heterocycles. The minimum atomic E-state index is -1.12. The van der Waals surface area contributed by atoms with Crippen LogP contribution in [0.25, 0.3) is 0 Å². The monoisotopic (exact) mass is 650 g/mol. The number of nitrogens with zero attached hydrogens (tertiary/aromatic N) is 1. The van der Waals surface area contributed by atoms with Crippen molar-refractivity contribution in [2.45, 2.75) is 37.6 Å². The van der Waals surface area contributed by atoms with Crippen molar-refractivity contribution in [1.82, 2.24) is 10.2 Å². The van der Waals surface area contributed by atoms with Crippen molar-refractivity contribution in [2.75, 3.05) is 33.2 Å². The third-order valence-electron chi connectivity index (χ3n) is 7.07. The predicted octanol–water partition coefficient (Wildman–Crippen LogP) is 2.00. The van der Waals surface area contributed by atoms with Crippen LogP contribution in [0.3, 0.4) is 0 Å². The van der Waals surface area contributed by atoms with Gasteiger partial charge in [0.15, 0.2) is 11.5 Å². The van der Waals surface area contributed by atoms with Crippen LogP contribution < -0.4 is 19.5 Å². The Morgan fingerprint density at radius 1 is 1.15 bits per heavy atom. The van der Waals surface area contributed by atoms with Crippen molar-refractivity contribution in [1.29, 1.82) is 0 Å². The van der Waals surface area contributed by atoms with Crippen molar-refractivity contribution >= 4 is 34.4 Å². The highest BCUT2D eigenvalue weighted by Gasteiger charge is 2.42. The molecule has 2 aromatic rings. The molecule has 5 rings (SSSR count). The molecule has 208 valence electrons. The number of carbonyl (C=O) groups excluding carboxylic acids is 2. The number of hydrogen-bond donors (Lipinski definition) is 3. The van der Waals surface area contributed by atoms with Crippen LogP contribution in [0.5, 0.6) is 17.2 Å². The predicted molar refractivity (Wildman–Crippen MR) is 148 cm³/mol. The van der Waals surface area contributed by atoms with E-state index in [0.29, 0.717) is 42.5 Å². The Balaban J connectivity index is 1.48. The maximum atomic E-state index is 13.9. The standard InChI is InChI=1S/C28H31IN2O8/c29-20-3-1-2-4-22(20)39-25-13-19(27(34)30-8-9-32)12-21(26(25)33)31(28(35)18-7-10-36-15-18)14-17-5-6-23-24(11-17)38-16-37-23/h1-6,11,13,18,21,25-26,32-33H,7-10,12,14-16H2,(H,30,34). The molecule has 4 unspecified atom stereocenters. The molecule has 0 spiro atoms. The first-order valence-corrected chi connectivity index (χ1v) is 14.0. The second kappa shape index (κ2) is 12.5. The average Bonchev–Trinajstić information content (AvgIpc) is 3.65. The number of hydrogen-bond acceptors (Lipinski definition) is 8. The number of halogens is 1. The molecule has 0 aromatic heterocycles. The average molecular weight is 650 g/mol. The van der Waals surface area contributed by atoms with Gasteiger partial charge in [0.25, 0.3) is 0 Å². The number of para-hydroxylation sites is 1. The summed E-state index contributed by atoms with van der Waals surface area (Å²) in [5.74, 6) is 0.911. The Kier molecular flexibility index (Phi) is 8.90. The van der Waals surface area contributed by atoms with Gasteiger partial charge in [0.1, 0.15) is 18.0 Å². The fourth-order valence-corrected chi connectivity index (χ4v) is 5.54. The molecule has 0 bridgehead atoms. The lowest BCUT2D eigenvalue weighted by molar-refractivity contribution is -0.143. The lowest BCUT2D eigenvalue weighted by atomic mass is 9.87. The molecule has 10 nitrogen and oxygen atoms in total. The summed E-state index contributed by atoms with van der Waals surface area (Å²) in [6, 6.07) is 12.1. The topological polar surface area (TPSA) is 127 Å².